The average Bonchev–Trinajstić information content (AvgIpc) is 2.41. The van der Waals surface area contributed by atoms with Gasteiger partial charge in [-0.15, -0.1) is 0 Å². The second kappa shape index (κ2) is 8.59. The molecule has 7 heteroatoms. The maximum Gasteiger partial charge on any atom is 0.274 e. The summed E-state index contributed by atoms with van der Waals surface area (Å²) in [5.74, 6) is 0.364. The quantitative estimate of drug-likeness (QED) is 0.655. The molecule has 1 saturated heterocycles. The number of carbonyl (C=O) groups is 1. The van der Waals surface area contributed by atoms with Crippen molar-refractivity contribution in [1.82, 2.24) is 9.62 Å². The highest BCUT2D eigenvalue weighted by Gasteiger charge is 2.23. The van der Waals surface area contributed by atoms with E-state index in [1.807, 2.05) is 4.90 Å². The van der Waals surface area contributed by atoms with E-state index in [0.717, 1.165) is 32.2 Å². The van der Waals surface area contributed by atoms with Crippen molar-refractivity contribution in [2.24, 2.45) is 11.1 Å². The highest BCUT2D eigenvalue weighted by molar-refractivity contribution is 7.87. The number of likely N-dealkylation sites (tertiary alicyclic amines) is 1. The van der Waals surface area contributed by atoms with Crippen LogP contribution in [0.5, 0.6) is 0 Å². The number of nitrogens with two attached hydrogens (primary N) is 1. The molecule has 6 nitrogen and oxygen atoms in total. The fourth-order valence-corrected chi connectivity index (χ4v) is 3.02. The van der Waals surface area contributed by atoms with Crippen LogP contribution in [0.4, 0.5) is 0 Å². The van der Waals surface area contributed by atoms with Crippen molar-refractivity contribution >= 4 is 16.1 Å². The number of nitrogens with one attached hydrogen (secondary N) is 1. The van der Waals surface area contributed by atoms with Gasteiger partial charge in [0.05, 0.1) is 0 Å². The van der Waals surface area contributed by atoms with E-state index in [0.29, 0.717) is 19.5 Å². The smallest absolute Gasteiger partial charge is 0.274 e. The molecule has 1 fully saturated rings. The Hall–Kier alpha value is -0.660. The van der Waals surface area contributed by atoms with Crippen LogP contribution in [0, 0.1) is 5.92 Å². The van der Waals surface area contributed by atoms with Gasteiger partial charge in [-0.2, -0.15) is 8.42 Å². The summed E-state index contributed by atoms with van der Waals surface area (Å²) in [5, 5.41) is 4.92. The zero-order valence-electron chi connectivity index (χ0n) is 12.3. The summed E-state index contributed by atoms with van der Waals surface area (Å²) < 4.78 is 24.1. The van der Waals surface area contributed by atoms with Crippen LogP contribution in [0.25, 0.3) is 0 Å². The monoisotopic (exact) mass is 305 g/mol. The Labute approximate surface area is 122 Å². The Bertz CT molecular complexity index is 398. The van der Waals surface area contributed by atoms with E-state index < -0.39 is 10.2 Å². The van der Waals surface area contributed by atoms with Crippen molar-refractivity contribution in [3.63, 3.8) is 0 Å². The lowest BCUT2D eigenvalue weighted by atomic mass is 9.98. The summed E-state index contributed by atoms with van der Waals surface area (Å²) in [6, 6.07) is 0. The van der Waals surface area contributed by atoms with Crippen molar-refractivity contribution in [3.05, 3.63) is 0 Å². The van der Waals surface area contributed by atoms with Gasteiger partial charge in [0.1, 0.15) is 0 Å². The molecular weight excluding hydrogens is 278 g/mol. The zero-order valence-corrected chi connectivity index (χ0v) is 13.1. The van der Waals surface area contributed by atoms with Gasteiger partial charge >= 0.3 is 0 Å². The first kappa shape index (κ1) is 17.4. The minimum absolute atomic E-state index is 0.168. The third-order valence-corrected chi connectivity index (χ3v) is 4.26. The Morgan fingerprint density at radius 1 is 1.35 bits per heavy atom. The topological polar surface area (TPSA) is 92.5 Å². The van der Waals surface area contributed by atoms with E-state index in [2.05, 4.69) is 11.6 Å². The maximum atomic E-state index is 12.1. The largest absolute Gasteiger partial charge is 0.342 e. The molecule has 1 aliphatic heterocycles. The molecule has 20 heavy (non-hydrogen) atoms. The summed E-state index contributed by atoms with van der Waals surface area (Å²) in [7, 11) is -3.64. The van der Waals surface area contributed by atoms with Crippen molar-refractivity contribution in [2.45, 2.75) is 51.9 Å². The summed E-state index contributed by atoms with van der Waals surface area (Å²) in [6.45, 7) is 3.89. The zero-order chi connectivity index (χ0) is 15.0. The van der Waals surface area contributed by atoms with Crippen molar-refractivity contribution in [2.75, 3.05) is 19.6 Å². The highest BCUT2D eigenvalue weighted by Crippen LogP contribution is 2.17. The normalized spacial score (nSPS) is 20.1. The number of unbranched alkanes of at least 4 members (excludes halogenated alkanes) is 3. The van der Waals surface area contributed by atoms with E-state index >= 15 is 0 Å². The van der Waals surface area contributed by atoms with E-state index in [1.165, 1.54) is 12.8 Å². The van der Waals surface area contributed by atoms with E-state index in [1.54, 1.807) is 0 Å². The van der Waals surface area contributed by atoms with Gasteiger partial charge in [-0.1, -0.05) is 26.2 Å². The number of nitrogens with zero attached hydrogens (tertiary/aromatic N) is 1. The van der Waals surface area contributed by atoms with Gasteiger partial charge in [-0.3, -0.25) is 4.79 Å². The molecule has 0 aliphatic carbocycles. The minimum atomic E-state index is -3.64. The Morgan fingerprint density at radius 3 is 2.75 bits per heavy atom. The van der Waals surface area contributed by atoms with Gasteiger partial charge in [0, 0.05) is 26.1 Å². The molecule has 118 valence electrons. The van der Waals surface area contributed by atoms with Crippen LogP contribution in [0.2, 0.25) is 0 Å². The number of rotatable bonds is 8. The summed E-state index contributed by atoms with van der Waals surface area (Å²) in [6.07, 6.45) is 6.86. The van der Waals surface area contributed by atoms with E-state index in [-0.39, 0.29) is 11.8 Å². The molecule has 0 bridgehead atoms. The number of hydrogen-bond acceptors (Lipinski definition) is 3. The average molecular weight is 305 g/mol. The highest BCUT2D eigenvalue weighted by atomic mass is 32.2. The van der Waals surface area contributed by atoms with E-state index in [9.17, 15) is 13.2 Å². The molecule has 3 N–H and O–H groups in total. The SMILES string of the molecule is CCCCCCC(=O)N1CCCC(CNS(N)(=O)=O)C1. The lowest BCUT2D eigenvalue weighted by Gasteiger charge is -2.32. The second-order valence-electron chi connectivity index (χ2n) is 5.55. The van der Waals surface area contributed by atoms with Crippen LogP contribution in [-0.4, -0.2) is 38.9 Å². The molecule has 0 saturated carbocycles. The second-order valence-corrected chi connectivity index (χ2v) is 6.93. The lowest BCUT2D eigenvalue weighted by Crippen LogP contribution is -2.44. The molecule has 1 unspecified atom stereocenters. The lowest BCUT2D eigenvalue weighted by molar-refractivity contribution is -0.133. The summed E-state index contributed by atoms with van der Waals surface area (Å²) in [4.78, 5) is 13.9. The fraction of sp³-hybridized carbons (Fsp3) is 0.923. The van der Waals surface area contributed by atoms with Crippen LogP contribution in [0.1, 0.15) is 51.9 Å². The molecule has 1 amide bonds. The van der Waals surface area contributed by atoms with Crippen LogP contribution < -0.4 is 9.86 Å². The van der Waals surface area contributed by atoms with Gasteiger partial charge in [-0.25, -0.2) is 9.86 Å². The fourth-order valence-electron chi connectivity index (χ4n) is 2.55. The third-order valence-electron chi connectivity index (χ3n) is 3.69. The molecule has 0 spiro atoms. The van der Waals surface area contributed by atoms with Gasteiger partial charge in [0.2, 0.25) is 5.91 Å². The molecule has 1 aliphatic rings. The number of amides is 1. The molecule has 1 heterocycles. The predicted molar refractivity (Wildman–Crippen MR) is 79.2 cm³/mol. The summed E-state index contributed by atoms with van der Waals surface area (Å²) >= 11 is 0. The first-order chi connectivity index (χ1) is 9.42. The number of hydrogen-bond donors (Lipinski definition) is 2. The predicted octanol–water partition coefficient (Wildman–Crippen LogP) is 0.989. The van der Waals surface area contributed by atoms with E-state index in [4.69, 9.17) is 5.14 Å². The Morgan fingerprint density at radius 2 is 2.10 bits per heavy atom. The van der Waals surface area contributed by atoms with Crippen LogP contribution in [0.3, 0.4) is 0 Å². The Kier molecular flexibility index (Phi) is 7.47. The maximum absolute atomic E-state index is 12.1. The van der Waals surface area contributed by atoms with Gasteiger partial charge in [0.25, 0.3) is 10.2 Å². The number of carbonyl (C=O) groups excluding carboxylic acids is 1. The van der Waals surface area contributed by atoms with Crippen molar-refractivity contribution in [3.8, 4) is 0 Å². The van der Waals surface area contributed by atoms with Crippen LogP contribution in [-0.2, 0) is 15.0 Å². The van der Waals surface area contributed by atoms with Gasteiger partial charge in [-0.05, 0) is 25.2 Å². The first-order valence-corrected chi connectivity index (χ1v) is 9.02. The van der Waals surface area contributed by atoms with Crippen LogP contribution >= 0.6 is 0 Å². The molecule has 0 aromatic rings. The summed E-state index contributed by atoms with van der Waals surface area (Å²) in [5.41, 5.74) is 0. The molecule has 1 atom stereocenters. The first-order valence-electron chi connectivity index (χ1n) is 7.47. The standard InChI is InChI=1S/C13H27N3O3S/c1-2-3-4-5-8-13(17)16-9-6-7-12(11-16)10-15-20(14,18)19/h12,15H,2-11H2,1H3,(H2,14,18,19). The van der Waals surface area contributed by atoms with Gasteiger partial charge < -0.3 is 4.90 Å². The Balaban J connectivity index is 2.30. The minimum Gasteiger partial charge on any atom is -0.342 e. The molecule has 1 rings (SSSR count). The number of piperidine rings is 1. The molecule has 0 radical (unpaired) electrons. The third kappa shape index (κ3) is 7.21. The van der Waals surface area contributed by atoms with Crippen molar-refractivity contribution < 1.29 is 13.2 Å². The molecule has 0 aromatic heterocycles. The van der Waals surface area contributed by atoms with Gasteiger partial charge in [0.15, 0.2) is 0 Å². The molecular formula is C13H27N3O3S. The molecule has 0 aromatic carbocycles. The van der Waals surface area contributed by atoms with Crippen LogP contribution in [0.15, 0.2) is 0 Å². The van der Waals surface area contributed by atoms with Crippen molar-refractivity contribution in [1.29, 1.82) is 0 Å².